The van der Waals surface area contributed by atoms with Crippen LogP contribution in [0.15, 0.2) is 52.9 Å². The van der Waals surface area contributed by atoms with Crippen LogP contribution in [0.1, 0.15) is 60.5 Å². The van der Waals surface area contributed by atoms with E-state index >= 15 is 0 Å². The number of fused-ring (bicyclic) bond motifs is 4. The van der Waals surface area contributed by atoms with E-state index in [1.165, 1.54) is 16.0 Å². The maximum Gasteiger partial charge on any atom is 0.410 e. The lowest BCUT2D eigenvalue weighted by molar-refractivity contribution is -0.0246. The minimum atomic E-state index is -3.59. The Balaban J connectivity index is 1.08. The van der Waals surface area contributed by atoms with Crippen LogP contribution in [0, 0.1) is 17.8 Å². The molecular weight excluding hydrogens is 758 g/mol. The predicted octanol–water partition coefficient (Wildman–Crippen LogP) is 5.84. The zero-order valence-corrected chi connectivity index (χ0v) is 33.7. The number of morpholine rings is 1. The number of likely N-dealkylation sites (tertiary alicyclic amines) is 1. The van der Waals surface area contributed by atoms with Crippen LogP contribution in [0.3, 0.4) is 0 Å². The monoisotopic (exact) mass is 809 g/mol. The molecule has 1 unspecified atom stereocenters. The number of benzene rings is 2. The minimum absolute atomic E-state index is 0.0338. The molecule has 1 spiro atoms. The van der Waals surface area contributed by atoms with Crippen LogP contribution in [-0.4, -0.2) is 116 Å². The molecule has 2 aromatic carbocycles. The van der Waals surface area contributed by atoms with Gasteiger partial charge in [-0.1, -0.05) is 36.7 Å². The van der Waals surface area contributed by atoms with Gasteiger partial charge in [0.2, 0.25) is 0 Å². The van der Waals surface area contributed by atoms with E-state index < -0.39 is 34.1 Å². The van der Waals surface area contributed by atoms with Crippen molar-refractivity contribution in [3.05, 3.63) is 70.3 Å². The van der Waals surface area contributed by atoms with E-state index in [1.54, 1.807) is 18.1 Å². The predicted molar refractivity (Wildman–Crippen MR) is 213 cm³/mol. The SMILES string of the molecule is CO[C@H]1/C=C/C[C@H](C)CS(=O)(NC(=O)N2CC(OC(=O)N3CCOCC3)C2)=NC(=O)c2ccc3c(c2)N(C[C@@H]2CC[C@H]21)C[C@@]1(CCCc2cc(Cl)ccc21)CO3. The van der Waals surface area contributed by atoms with Gasteiger partial charge in [0.05, 0.1) is 50.5 Å². The molecular formula is C41H52ClN5O8S. The number of allylic oxidation sites excluding steroid dienone is 1. The fraction of sp³-hybridized carbons (Fsp3) is 0.585. The third kappa shape index (κ3) is 8.12. The van der Waals surface area contributed by atoms with Crippen molar-refractivity contribution in [2.45, 2.75) is 63.1 Å². The zero-order chi connectivity index (χ0) is 39.0. The van der Waals surface area contributed by atoms with E-state index in [2.05, 4.69) is 38.3 Å². The Hall–Kier alpha value is -3.85. The summed E-state index contributed by atoms with van der Waals surface area (Å²) in [5, 5.41) is 0.729. The Kier molecular flexibility index (Phi) is 11.3. The highest BCUT2D eigenvalue weighted by molar-refractivity contribution is 7.92. The summed E-state index contributed by atoms with van der Waals surface area (Å²) >= 11 is 6.47. The highest BCUT2D eigenvalue weighted by Crippen LogP contribution is 2.47. The molecule has 6 atom stereocenters. The topological polar surface area (TPSA) is 139 Å². The van der Waals surface area contributed by atoms with Gasteiger partial charge in [0.25, 0.3) is 5.91 Å². The molecule has 56 heavy (non-hydrogen) atoms. The second kappa shape index (κ2) is 16.2. The van der Waals surface area contributed by atoms with Gasteiger partial charge in [0.1, 0.15) is 21.8 Å². The minimum Gasteiger partial charge on any atom is -0.490 e. The zero-order valence-electron chi connectivity index (χ0n) is 32.2. The van der Waals surface area contributed by atoms with E-state index in [4.69, 9.17) is 30.5 Å². The molecule has 0 aromatic heterocycles. The number of ether oxygens (including phenoxy) is 4. The van der Waals surface area contributed by atoms with Gasteiger partial charge in [-0.3, -0.25) is 9.52 Å². The Morgan fingerprint density at radius 3 is 2.66 bits per heavy atom. The van der Waals surface area contributed by atoms with Gasteiger partial charge in [0, 0.05) is 49.3 Å². The largest absolute Gasteiger partial charge is 0.490 e. The molecule has 2 aromatic rings. The number of nitrogens with one attached hydrogen (secondary N) is 1. The number of urea groups is 1. The molecule has 4 heterocycles. The molecule has 4 amide bonds. The fourth-order valence-corrected chi connectivity index (χ4v) is 11.3. The van der Waals surface area contributed by atoms with Crippen LogP contribution in [0.5, 0.6) is 5.75 Å². The van der Waals surface area contributed by atoms with Gasteiger partial charge in [-0.25, -0.2) is 13.8 Å². The van der Waals surface area contributed by atoms with Crippen LogP contribution in [0.25, 0.3) is 0 Å². The third-order valence-electron chi connectivity index (χ3n) is 12.4. The summed E-state index contributed by atoms with van der Waals surface area (Å²) in [6, 6.07) is 10.9. The van der Waals surface area contributed by atoms with Crippen LogP contribution >= 0.6 is 11.6 Å². The van der Waals surface area contributed by atoms with Crippen molar-refractivity contribution in [1.82, 2.24) is 14.5 Å². The molecule has 4 aliphatic heterocycles. The second-order valence-corrected chi connectivity index (χ2v) is 18.8. The van der Waals surface area contributed by atoms with Gasteiger partial charge in [-0.2, -0.15) is 0 Å². The number of rotatable bonds is 3. The number of carbonyl (C=O) groups is 3. The average molecular weight is 810 g/mol. The third-order valence-corrected chi connectivity index (χ3v) is 14.6. The molecule has 1 saturated carbocycles. The maximum atomic E-state index is 14.6. The Labute approximate surface area is 334 Å². The van der Waals surface area contributed by atoms with Gasteiger partial charge < -0.3 is 33.6 Å². The summed E-state index contributed by atoms with van der Waals surface area (Å²) in [5.41, 5.74) is 3.30. The van der Waals surface area contributed by atoms with Crippen LogP contribution in [-0.2, 0) is 36.0 Å². The van der Waals surface area contributed by atoms with Crippen molar-refractivity contribution < 1.29 is 37.5 Å². The number of hydrogen-bond acceptors (Lipinski definition) is 9. The lowest BCUT2D eigenvalue weighted by atomic mass is 9.68. The number of nitrogens with zero attached hydrogens (tertiary/aromatic N) is 4. The standard InChI is InChI=1S/C41H52ClN5O8S/c1-27-5-3-7-36(52-2)33-11-8-30(33)21-47-25-41(14-4-6-28-19-31(42)10-12-34(28)41)26-54-37-13-9-29(20-35(37)47)38(48)43-56(51,24-27)44-39(49)46-22-32(23-46)55-40(50)45-15-17-53-18-16-45/h3,7,9-10,12-13,19-20,27,30,32-33,36H,4-6,8,11,14-18,21-26H2,1-2H3,(H,43,44,48,49,51)/b7-3+/t27-,30-,33+,36-,41-,56?/m0/s1. The summed E-state index contributed by atoms with van der Waals surface area (Å²) in [4.78, 5) is 45.5. The number of hydrogen-bond donors (Lipinski definition) is 1. The van der Waals surface area contributed by atoms with Crippen molar-refractivity contribution in [2.24, 2.45) is 22.1 Å². The smallest absolute Gasteiger partial charge is 0.410 e. The summed E-state index contributed by atoms with van der Waals surface area (Å²) in [5.74, 6) is 0.478. The lowest BCUT2D eigenvalue weighted by Crippen LogP contribution is -2.60. The van der Waals surface area contributed by atoms with Crippen molar-refractivity contribution in [3.63, 3.8) is 0 Å². The molecule has 13 nitrogen and oxygen atoms in total. The van der Waals surface area contributed by atoms with E-state index in [-0.39, 0.29) is 41.8 Å². The molecule has 0 radical (unpaired) electrons. The highest BCUT2D eigenvalue weighted by Gasteiger charge is 2.45. The number of aryl methyl sites for hydroxylation is 1. The fourth-order valence-electron chi connectivity index (χ4n) is 9.21. The number of halogens is 1. The molecule has 15 heteroatoms. The Morgan fingerprint density at radius 1 is 1.07 bits per heavy atom. The first-order valence-electron chi connectivity index (χ1n) is 19.9. The number of methoxy groups -OCH3 is 1. The highest BCUT2D eigenvalue weighted by atomic mass is 35.5. The Morgan fingerprint density at radius 2 is 1.89 bits per heavy atom. The first-order valence-corrected chi connectivity index (χ1v) is 22.0. The molecule has 2 aliphatic carbocycles. The summed E-state index contributed by atoms with van der Waals surface area (Å²) in [7, 11) is -1.83. The number of carbonyl (C=O) groups excluding carboxylic acids is 3. The molecule has 3 fully saturated rings. The Bertz CT molecular complexity index is 1990. The molecule has 1 N–H and O–H groups in total. The van der Waals surface area contributed by atoms with Crippen molar-refractivity contribution in [1.29, 1.82) is 0 Å². The normalized spacial score (nSPS) is 31.3. The van der Waals surface area contributed by atoms with Crippen molar-refractivity contribution in [2.75, 3.05) is 76.9 Å². The summed E-state index contributed by atoms with van der Waals surface area (Å²) < 4.78 is 45.1. The van der Waals surface area contributed by atoms with Crippen molar-refractivity contribution >= 4 is 45.2 Å². The number of anilines is 1. The van der Waals surface area contributed by atoms with E-state index in [1.807, 2.05) is 25.1 Å². The molecule has 2 bridgehead atoms. The quantitative estimate of drug-likeness (QED) is 0.380. The van der Waals surface area contributed by atoms with Gasteiger partial charge >= 0.3 is 12.1 Å². The van der Waals surface area contributed by atoms with Crippen molar-refractivity contribution in [3.8, 4) is 5.75 Å². The maximum absolute atomic E-state index is 14.6. The average Bonchev–Trinajstić information content (AvgIpc) is 3.30. The first kappa shape index (κ1) is 39.0. The second-order valence-electron chi connectivity index (χ2n) is 16.4. The number of amides is 4. The lowest BCUT2D eigenvalue weighted by Gasteiger charge is -2.46. The van der Waals surface area contributed by atoms with Crippen LogP contribution in [0.4, 0.5) is 15.3 Å². The molecule has 6 aliphatic rings. The van der Waals surface area contributed by atoms with E-state index in [0.29, 0.717) is 63.5 Å². The summed E-state index contributed by atoms with van der Waals surface area (Å²) in [6.45, 7) is 5.98. The molecule has 2 saturated heterocycles. The molecule has 302 valence electrons. The van der Waals surface area contributed by atoms with E-state index in [9.17, 15) is 18.6 Å². The van der Waals surface area contributed by atoms with Crippen LogP contribution in [0.2, 0.25) is 5.02 Å². The first-order chi connectivity index (χ1) is 27.0. The summed E-state index contributed by atoms with van der Waals surface area (Å²) in [6.07, 6.45) is 8.78. The van der Waals surface area contributed by atoms with E-state index in [0.717, 1.165) is 49.4 Å². The van der Waals surface area contributed by atoms with Gasteiger partial charge in [-0.05, 0) is 97.7 Å². The van der Waals surface area contributed by atoms with Crippen LogP contribution < -0.4 is 14.4 Å². The van der Waals surface area contributed by atoms with Gasteiger partial charge in [-0.15, -0.1) is 4.36 Å². The molecule has 8 rings (SSSR count). The van der Waals surface area contributed by atoms with Gasteiger partial charge in [0.15, 0.2) is 0 Å².